The first-order valence-corrected chi connectivity index (χ1v) is 9.92. The summed E-state index contributed by atoms with van der Waals surface area (Å²) in [6, 6.07) is 2.21. The minimum Gasteiger partial charge on any atom is -0.463 e. The van der Waals surface area contributed by atoms with Gasteiger partial charge >= 0.3 is 11.9 Å². The van der Waals surface area contributed by atoms with Crippen LogP contribution in [-0.4, -0.2) is 33.6 Å². The minimum absolute atomic E-state index is 0.0568. The predicted molar refractivity (Wildman–Crippen MR) is 101 cm³/mol. The molecular weight excluding hydrogens is 409 g/mol. The van der Waals surface area contributed by atoms with E-state index in [9.17, 15) is 14.0 Å². The molecule has 2 atom stereocenters. The molecule has 7 nitrogen and oxygen atoms in total. The Morgan fingerprint density at radius 3 is 2.96 bits per heavy atom. The number of hydrogen-bond donors (Lipinski definition) is 0. The maximum atomic E-state index is 14.4. The van der Waals surface area contributed by atoms with Gasteiger partial charge in [0, 0.05) is 24.5 Å². The molecule has 150 valence electrons. The molecule has 0 aliphatic carbocycles. The summed E-state index contributed by atoms with van der Waals surface area (Å²) in [4.78, 5) is 28.9. The molecule has 1 aromatic carbocycles. The molecule has 0 N–H and O–H groups in total. The highest BCUT2D eigenvalue weighted by atomic mass is 35.5. The van der Waals surface area contributed by atoms with Gasteiger partial charge in [-0.1, -0.05) is 18.5 Å². The lowest BCUT2D eigenvalue weighted by atomic mass is 10.1. The quantitative estimate of drug-likeness (QED) is 0.684. The standard InChI is InChI=1S/C18H19ClFN3O4S/c1-4-26-16(24)10(3)27-17(25)11-6-14(13(20)7-12(11)19)21-18-23-8-9(2)5-15(23)22-28-18/h6-7,9-10H,4-5,8H2,1-3H3. The SMILES string of the molecule is CCOC(=O)C(C)OC(=O)c1cc(N=c2snc3n2CC(C)C3)c(F)cc1Cl. The summed E-state index contributed by atoms with van der Waals surface area (Å²) in [6.07, 6.45) is -0.269. The second-order valence-electron chi connectivity index (χ2n) is 6.50. The van der Waals surface area contributed by atoms with Gasteiger partial charge in [0.15, 0.2) is 6.10 Å². The number of halogens is 2. The molecule has 0 bridgehead atoms. The average Bonchev–Trinajstić information content (AvgIpc) is 3.17. The maximum absolute atomic E-state index is 14.4. The molecule has 0 saturated carbocycles. The van der Waals surface area contributed by atoms with Gasteiger partial charge in [-0.15, -0.1) is 0 Å². The van der Waals surface area contributed by atoms with Crippen molar-refractivity contribution in [3.05, 3.63) is 39.2 Å². The van der Waals surface area contributed by atoms with Crippen molar-refractivity contribution in [2.45, 2.75) is 39.8 Å². The largest absolute Gasteiger partial charge is 0.463 e. The summed E-state index contributed by atoms with van der Waals surface area (Å²) in [5, 5.41) is -0.131. The number of carbonyl (C=O) groups excluding carboxylic acids is 2. The third-order valence-corrected chi connectivity index (χ3v) is 5.26. The van der Waals surface area contributed by atoms with Gasteiger partial charge in [-0.05, 0) is 31.9 Å². The Kier molecular flexibility index (Phi) is 6.14. The van der Waals surface area contributed by atoms with Crippen molar-refractivity contribution < 1.29 is 23.5 Å². The van der Waals surface area contributed by atoms with Crippen LogP contribution in [0.2, 0.25) is 5.02 Å². The van der Waals surface area contributed by atoms with Crippen LogP contribution in [0.4, 0.5) is 10.1 Å². The number of rotatable bonds is 5. The van der Waals surface area contributed by atoms with Crippen molar-refractivity contribution in [2.75, 3.05) is 6.61 Å². The van der Waals surface area contributed by atoms with Gasteiger partial charge in [-0.2, -0.15) is 4.37 Å². The topological polar surface area (TPSA) is 82.8 Å². The van der Waals surface area contributed by atoms with E-state index in [1.54, 1.807) is 6.92 Å². The first-order valence-electron chi connectivity index (χ1n) is 8.77. The number of nitrogens with zero attached hydrogens (tertiary/aromatic N) is 3. The van der Waals surface area contributed by atoms with Crippen LogP contribution in [0.25, 0.3) is 0 Å². The lowest BCUT2D eigenvalue weighted by molar-refractivity contribution is -0.152. The van der Waals surface area contributed by atoms with Crippen LogP contribution in [0.5, 0.6) is 0 Å². The smallest absolute Gasteiger partial charge is 0.347 e. The van der Waals surface area contributed by atoms with Crippen molar-refractivity contribution in [1.82, 2.24) is 8.94 Å². The van der Waals surface area contributed by atoms with Crippen LogP contribution in [-0.2, 0) is 27.2 Å². The molecule has 1 aromatic heterocycles. The molecule has 0 saturated heterocycles. The summed E-state index contributed by atoms with van der Waals surface area (Å²) < 4.78 is 30.5. The van der Waals surface area contributed by atoms with Gasteiger partial charge in [0.05, 0.1) is 17.2 Å². The van der Waals surface area contributed by atoms with Crippen LogP contribution < -0.4 is 4.80 Å². The van der Waals surface area contributed by atoms with Crippen LogP contribution >= 0.6 is 23.1 Å². The first kappa shape index (κ1) is 20.5. The van der Waals surface area contributed by atoms with Crippen LogP contribution in [0.15, 0.2) is 17.1 Å². The molecule has 28 heavy (non-hydrogen) atoms. The third kappa shape index (κ3) is 4.25. The first-order chi connectivity index (χ1) is 13.3. The summed E-state index contributed by atoms with van der Waals surface area (Å²) in [6.45, 7) is 6.05. The molecule has 0 fully saturated rings. The van der Waals surface area contributed by atoms with E-state index in [1.807, 2.05) is 4.57 Å². The number of benzene rings is 1. The molecule has 1 aliphatic heterocycles. The van der Waals surface area contributed by atoms with E-state index in [1.165, 1.54) is 24.5 Å². The Bertz CT molecular complexity index is 988. The molecule has 0 amide bonds. The number of ether oxygens (including phenoxy) is 2. The second-order valence-corrected chi connectivity index (χ2v) is 7.63. The monoisotopic (exact) mass is 427 g/mol. The summed E-state index contributed by atoms with van der Waals surface area (Å²) in [5.41, 5.74) is -0.142. The van der Waals surface area contributed by atoms with E-state index in [-0.39, 0.29) is 22.9 Å². The molecule has 1 aliphatic rings. The highest BCUT2D eigenvalue weighted by Crippen LogP contribution is 2.27. The van der Waals surface area contributed by atoms with E-state index in [0.29, 0.717) is 10.7 Å². The molecule has 2 heterocycles. The molecule has 10 heteroatoms. The Labute approximate surface area is 169 Å². The second kappa shape index (κ2) is 8.40. The highest BCUT2D eigenvalue weighted by Gasteiger charge is 2.24. The molecule has 0 spiro atoms. The van der Waals surface area contributed by atoms with E-state index in [2.05, 4.69) is 16.3 Å². The number of carbonyl (C=O) groups is 2. The van der Waals surface area contributed by atoms with E-state index < -0.39 is 23.9 Å². The van der Waals surface area contributed by atoms with E-state index in [4.69, 9.17) is 21.1 Å². The Balaban J connectivity index is 1.90. The summed E-state index contributed by atoms with van der Waals surface area (Å²) in [5.74, 6) is -0.861. The minimum atomic E-state index is -1.12. The lowest BCUT2D eigenvalue weighted by Gasteiger charge is -2.13. The fourth-order valence-corrected chi connectivity index (χ4v) is 3.82. The molecule has 0 radical (unpaired) electrons. The summed E-state index contributed by atoms with van der Waals surface area (Å²) >= 11 is 7.17. The number of aromatic nitrogens is 2. The van der Waals surface area contributed by atoms with Crippen LogP contribution in [0.3, 0.4) is 0 Å². The zero-order valence-corrected chi connectivity index (χ0v) is 17.1. The van der Waals surface area contributed by atoms with Crippen molar-refractivity contribution >= 4 is 40.8 Å². The van der Waals surface area contributed by atoms with Crippen molar-refractivity contribution in [3.8, 4) is 0 Å². The van der Waals surface area contributed by atoms with Crippen LogP contribution in [0.1, 0.15) is 37.0 Å². The van der Waals surface area contributed by atoms with Crippen molar-refractivity contribution in [1.29, 1.82) is 0 Å². The van der Waals surface area contributed by atoms with Gasteiger partial charge in [0.25, 0.3) is 0 Å². The maximum Gasteiger partial charge on any atom is 0.347 e. The predicted octanol–water partition coefficient (Wildman–Crippen LogP) is 3.27. The zero-order chi connectivity index (χ0) is 20.4. The zero-order valence-electron chi connectivity index (χ0n) is 15.6. The van der Waals surface area contributed by atoms with Gasteiger partial charge in [-0.3, -0.25) is 0 Å². The molecule has 2 unspecified atom stereocenters. The van der Waals surface area contributed by atoms with Crippen molar-refractivity contribution in [3.63, 3.8) is 0 Å². The molecular formula is C18H19ClFN3O4S. The van der Waals surface area contributed by atoms with E-state index >= 15 is 0 Å². The highest BCUT2D eigenvalue weighted by molar-refractivity contribution is 7.02. The Morgan fingerprint density at radius 1 is 1.50 bits per heavy atom. The number of esters is 2. The van der Waals surface area contributed by atoms with E-state index in [0.717, 1.165) is 24.9 Å². The van der Waals surface area contributed by atoms with Gasteiger partial charge in [0.1, 0.15) is 17.3 Å². The fraction of sp³-hybridized carbons (Fsp3) is 0.444. The molecule has 3 rings (SSSR count). The number of hydrogen-bond acceptors (Lipinski definition) is 7. The average molecular weight is 428 g/mol. The van der Waals surface area contributed by atoms with Crippen molar-refractivity contribution in [2.24, 2.45) is 10.9 Å². The normalized spacial score (nSPS) is 17.3. The van der Waals surface area contributed by atoms with Gasteiger partial charge in [0.2, 0.25) is 4.80 Å². The Morgan fingerprint density at radius 2 is 2.25 bits per heavy atom. The lowest BCUT2D eigenvalue weighted by Crippen LogP contribution is -2.26. The Hall–Kier alpha value is -2.26. The third-order valence-electron chi connectivity index (χ3n) is 4.18. The van der Waals surface area contributed by atoms with Crippen LogP contribution in [0, 0.1) is 11.7 Å². The van der Waals surface area contributed by atoms with Gasteiger partial charge < -0.3 is 14.0 Å². The molecule has 2 aromatic rings. The number of fused-ring (bicyclic) bond motifs is 1. The summed E-state index contributed by atoms with van der Waals surface area (Å²) in [7, 11) is 0. The van der Waals surface area contributed by atoms with Gasteiger partial charge in [-0.25, -0.2) is 19.0 Å². The fourth-order valence-electron chi connectivity index (χ4n) is 2.82.